The Hall–Kier alpha value is -6.64. The maximum Gasteiger partial charge on any atom is 0.0496 e. The van der Waals surface area contributed by atoms with Gasteiger partial charge in [-0.05, 0) is 197 Å². The second-order valence-electron chi connectivity index (χ2n) is 21.3. The van der Waals surface area contributed by atoms with E-state index < -0.39 is 0 Å². The third-order valence-electron chi connectivity index (χ3n) is 16.6. The van der Waals surface area contributed by atoms with Crippen LogP contribution in [0.3, 0.4) is 0 Å². The predicted octanol–water partition coefficient (Wildman–Crippen LogP) is 18.6. The fraction of sp³-hybridized carbons (Fsp3) is 0.284. The van der Waals surface area contributed by atoms with Gasteiger partial charge in [-0.1, -0.05) is 168 Å². The number of hydrogen-bond donors (Lipinski definition) is 0. The van der Waals surface area contributed by atoms with E-state index in [1.165, 1.54) is 165 Å². The van der Waals surface area contributed by atoms with Crippen molar-refractivity contribution in [1.29, 1.82) is 0 Å². The summed E-state index contributed by atoms with van der Waals surface area (Å²) >= 11 is 0. The second kappa shape index (κ2) is 18.7. The summed E-state index contributed by atoms with van der Waals surface area (Å²) in [6.07, 6.45) is 17.2. The van der Waals surface area contributed by atoms with Gasteiger partial charge in [0.25, 0.3) is 0 Å². The second-order valence-corrected chi connectivity index (χ2v) is 21.3. The minimum atomic E-state index is -0.155. The summed E-state index contributed by atoms with van der Waals surface area (Å²) in [5, 5.41) is 0. The van der Waals surface area contributed by atoms with Crippen molar-refractivity contribution in [3.63, 3.8) is 0 Å². The first-order chi connectivity index (χ1) is 33.9. The molecule has 69 heavy (non-hydrogen) atoms. The molecule has 15 rings (SSSR count). The van der Waals surface area contributed by atoms with Crippen molar-refractivity contribution in [2.24, 2.45) is 0 Å². The van der Waals surface area contributed by atoms with Crippen LogP contribution in [0.4, 0.5) is 34.1 Å². The van der Waals surface area contributed by atoms with Gasteiger partial charge < -0.3 is 9.80 Å². The normalized spacial score (nSPS) is 16.6. The molecule has 0 amide bonds. The Morgan fingerprint density at radius 1 is 0.362 bits per heavy atom. The van der Waals surface area contributed by atoms with Crippen molar-refractivity contribution in [2.45, 2.75) is 121 Å². The highest BCUT2D eigenvalue weighted by Gasteiger charge is 2.37. The molecular formula is C67H66N2. The van der Waals surface area contributed by atoms with Gasteiger partial charge in [0.2, 0.25) is 0 Å². The molecule has 2 heteroatoms. The van der Waals surface area contributed by atoms with Gasteiger partial charge >= 0.3 is 0 Å². The monoisotopic (exact) mass is 899 g/mol. The summed E-state index contributed by atoms with van der Waals surface area (Å²) in [6.45, 7) is 4.85. The number of benzene rings is 8. The van der Waals surface area contributed by atoms with Gasteiger partial charge in [0.05, 0.1) is 0 Å². The van der Waals surface area contributed by atoms with Crippen LogP contribution < -0.4 is 9.80 Å². The highest BCUT2D eigenvalue weighted by atomic mass is 15.2. The molecule has 2 fully saturated rings. The van der Waals surface area contributed by atoms with Crippen molar-refractivity contribution >= 4 is 34.1 Å². The third kappa shape index (κ3) is 8.51. The highest BCUT2D eigenvalue weighted by molar-refractivity contribution is 5.88. The summed E-state index contributed by atoms with van der Waals surface area (Å²) in [7, 11) is 0. The number of aryl methyl sites for hydroxylation is 4. The summed E-state index contributed by atoms with van der Waals surface area (Å²) in [6, 6.07) is 70.5. The number of hydrogen-bond acceptors (Lipinski definition) is 2. The largest absolute Gasteiger partial charge is 0.310 e. The van der Waals surface area contributed by atoms with Crippen LogP contribution in [0.25, 0.3) is 22.3 Å². The van der Waals surface area contributed by atoms with Crippen molar-refractivity contribution in [3.05, 3.63) is 226 Å². The summed E-state index contributed by atoms with van der Waals surface area (Å²) in [5.41, 5.74) is 23.9. The molecule has 344 valence electrons. The molecule has 0 spiro atoms. The molecule has 2 saturated carbocycles. The molecule has 0 unspecified atom stereocenters. The van der Waals surface area contributed by atoms with E-state index in [0.29, 0.717) is 11.8 Å². The van der Waals surface area contributed by atoms with E-state index in [2.05, 4.69) is 206 Å². The van der Waals surface area contributed by atoms with Gasteiger partial charge in [0.1, 0.15) is 0 Å². The molecule has 7 aliphatic rings. The van der Waals surface area contributed by atoms with Crippen molar-refractivity contribution in [2.75, 3.05) is 9.80 Å². The van der Waals surface area contributed by atoms with Gasteiger partial charge in [-0.3, -0.25) is 0 Å². The molecule has 0 N–H and O–H groups in total. The molecule has 4 bridgehead atoms. The zero-order valence-electron chi connectivity index (χ0n) is 40.8. The zero-order chi connectivity index (χ0) is 46.3. The fourth-order valence-corrected chi connectivity index (χ4v) is 12.7. The average Bonchev–Trinajstić information content (AvgIpc) is 3.63. The molecule has 0 aliphatic heterocycles. The summed E-state index contributed by atoms with van der Waals surface area (Å²) < 4.78 is 0. The van der Waals surface area contributed by atoms with Gasteiger partial charge in [0, 0.05) is 39.5 Å². The Bertz CT molecular complexity index is 3080. The topological polar surface area (TPSA) is 6.48 Å². The lowest BCUT2D eigenvalue weighted by atomic mass is 9.81. The quantitative estimate of drug-likeness (QED) is 0.142. The predicted molar refractivity (Wildman–Crippen MR) is 292 cm³/mol. The lowest BCUT2D eigenvalue weighted by Crippen LogP contribution is -2.18. The molecule has 8 aromatic carbocycles. The maximum atomic E-state index is 2.60. The van der Waals surface area contributed by atoms with Crippen molar-refractivity contribution < 1.29 is 0 Å². The zero-order valence-corrected chi connectivity index (χ0v) is 40.8. The number of nitrogens with zero attached hydrogens (tertiary/aromatic N) is 2. The first-order valence-corrected chi connectivity index (χ1v) is 26.4. The maximum absolute atomic E-state index is 2.60. The van der Waals surface area contributed by atoms with Gasteiger partial charge in [-0.15, -0.1) is 0 Å². The van der Waals surface area contributed by atoms with E-state index in [9.17, 15) is 0 Å². The molecular weight excluding hydrogens is 833 g/mol. The lowest BCUT2D eigenvalue weighted by molar-refractivity contribution is 0.443. The Labute approximate surface area is 411 Å². The Morgan fingerprint density at radius 2 is 0.812 bits per heavy atom. The van der Waals surface area contributed by atoms with Crippen molar-refractivity contribution in [3.8, 4) is 22.3 Å². The first-order valence-electron chi connectivity index (χ1n) is 26.4. The van der Waals surface area contributed by atoms with E-state index in [-0.39, 0.29) is 5.41 Å². The molecule has 0 heterocycles. The van der Waals surface area contributed by atoms with Crippen LogP contribution in [0.5, 0.6) is 0 Å². The van der Waals surface area contributed by atoms with Crippen LogP contribution in [0, 0.1) is 0 Å². The van der Waals surface area contributed by atoms with Crippen LogP contribution in [0.1, 0.15) is 134 Å². The summed E-state index contributed by atoms with van der Waals surface area (Å²) in [4.78, 5) is 5.13. The number of fused-ring (bicyclic) bond motifs is 3. The SMILES string of the molecule is CC1(C)c2cc(-c3ccccc3)ccc2-c2ccc(N(c3ccc(C4CCCCC4)cc3)c3cc4ccc3CCc3ccc(c(N(c5ccccc5)c5ccc(C6CCCCC6)cc5)c3)CC4)cc21. The van der Waals surface area contributed by atoms with Crippen LogP contribution >= 0.6 is 0 Å². The van der Waals surface area contributed by atoms with E-state index in [4.69, 9.17) is 0 Å². The molecule has 0 atom stereocenters. The van der Waals surface area contributed by atoms with Gasteiger partial charge in [0.15, 0.2) is 0 Å². The van der Waals surface area contributed by atoms with Gasteiger partial charge in [-0.2, -0.15) is 0 Å². The number of para-hydroxylation sites is 1. The Kier molecular flexibility index (Phi) is 11.8. The molecule has 7 aliphatic carbocycles. The Morgan fingerprint density at radius 3 is 1.35 bits per heavy atom. The van der Waals surface area contributed by atoms with Crippen LogP contribution in [0.2, 0.25) is 0 Å². The van der Waals surface area contributed by atoms with E-state index in [1.807, 2.05) is 0 Å². The minimum Gasteiger partial charge on any atom is -0.310 e. The average molecular weight is 899 g/mol. The molecule has 0 radical (unpaired) electrons. The highest BCUT2D eigenvalue weighted by Crippen LogP contribution is 2.52. The third-order valence-corrected chi connectivity index (χ3v) is 16.6. The minimum absolute atomic E-state index is 0.155. The van der Waals surface area contributed by atoms with E-state index in [1.54, 1.807) is 0 Å². The van der Waals surface area contributed by atoms with Gasteiger partial charge in [-0.25, -0.2) is 0 Å². The molecule has 8 aromatic rings. The van der Waals surface area contributed by atoms with Crippen molar-refractivity contribution in [1.82, 2.24) is 0 Å². The van der Waals surface area contributed by atoms with Crippen LogP contribution in [-0.4, -0.2) is 0 Å². The Balaban J connectivity index is 0.921. The van der Waals surface area contributed by atoms with Crippen LogP contribution in [0.15, 0.2) is 182 Å². The van der Waals surface area contributed by atoms with E-state index in [0.717, 1.165) is 25.7 Å². The smallest absolute Gasteiger partial charge is 0.0496 e. The molecule has 2 nitrogen and oxygen atoms in total. The molecule has 0 saturated heterocycles. The molecule has 0 aromatic heterocycles. The summed E-state index contributed by atoms with van der Waals surface area (Å²) in [5.74, 6) is 1.36. The fourth-order valence-electron chi connectivity index (χ4n) is 12.7. The van der Waals surface area contributed by atoms with E-state index >= 15 is 0 Å². The van der Waals surface area contributed by atoms with Crippen LogP contribution in [-0.2, 0) is 31.1 Å². The number of rotatable bonds is 9. The number of anilines is 6. The standard InChI is InChI=1S/C67H66N2/c1-67(2)63-45-56(51-19-11-5-12-20-51)35-41-61(63)62-42-40-60(46-64(62)67)69(59-38-33-53(34-39-59)50-17-9-4-10-18-50)66-44-48-24-28-54-27-23-47(25-29-55(66)30-26-48)43-65(54)68(57-21-13-6-14-22-57)58-36-31-52(32-37-58)49-15-7-3-8-16-49/h5-6,11-14,19-23,26-27,30-46,49-50H,3-4,7-10,15-18,24-25,28-29H2,1-2H3. The lowest BCUT2D eigenvalue weighted by Gasteiger charge is -2.31. The first kappa shape index (κ1) is 43.6.